The van der Waals surface area contributed by atoms with Gasteiger partial charge >= 0.3 is 0 Å². The number of benzene rings is 5. The Balaban J connectivity index is 1.03. The number of hydrogen-bond donors (Lipinski definition) is 0. The third-order valence-corrected chi connectivity index (χ3v) is 11.3. The van der Waals surface area contributed by atoms with Crippen molar-refractivity contribution in [3.05, 3.63) is 229 Å². The van der Waals surface area contributed by atoms with Crippen molar-refractivity contribution in [2.75, 3.05) is 0 Å². The van der Waals surface area contributed by atoms with Gasteiger partial charge in [-0.2, -0.15) is 0 Å². The van der Waals surface area contributed by atoms with Crippen LogP contribution in [0.15, 0.2) is 199 Å². The largest absolute Gasteiger partial charge is 0.460 e. The van der Waals surface area contributed by atoms with Crippen LogP contribution in [-0.2, 0) is 12.8 Å². The average molecular weight is 748 g/mol. The summed E-state index contributed by atoms with van der Waals surface area (Å²) in [6.45, 7) is 3.79. The third kappa shape index (κ3) is 6.73. The van der Waals surface area contributed by atoms with Crippen molar-refractivity contribution < 1.29 is 4.42 Å². The second-order valence-electron chi connectivity index (χ2n) is 15.0. The number of furan rings is 1. The fraction of sp³-hybridized carbons (Fsp3) is 0.0926. The van der Waals surface area contributed by atoms with Gasteiger partial charge in [0.1, 0.15) is 17.2 Å². The first-order valence-corrected chi connectivity index (χ1v) is 20.1. The molecule has 0 radical (unpaired) electrons. The lowest BCUT2D eigenvalue weighted by atomic mass is 9.80. The molecule has 4 heteroatoms. The summed E-state index contributed by atoms with van der Waals surface area (Å²) in [5, 5.41) is 3.52. The molecular formula is C54H41N3O. The number of fused-ring (bicyclic) bond motifs is 5. The van der Waals surface area contributed by atoms with Crippen LogP contribution < -0.4 is 0 Å². The molecule has 2 heterocycles. The Morgan fingerprint density at radius 1 is 0.621 bits per heavy atom. The molecule has 4 nitrogen and oxygen atoms in total. The molecule has 0 saturated heterocycles. The van der Waals surface area contributed by atoms with E-state index in [0.29, 0.717) is 24.0 Å². The Morgan fingerprint density at radius 2 is 1.31 bits per heavy atom. The quantitative estimate of drug-likeness (QED) is 0.138. The number of nitrogens with zero attached hydrogens (tertiary/aromatic N) is 3. The van der Waals surface area contributed by atoms with Crippen molar-refractivity contribution in [1.29, 1.82) is 0 Å². The van der Waals surface area contributed by atoms with E-state index in [4.69, 9.17) is 19.4 Å². The van der Waals surface area contributed by atoms with Crippen molar-refractivity contribution in [1.82, 2.24) is 15.0 Å². The van der Waals surface area contributed by atoms with Gasteiger partial charge in [0.15, 0.2) is 11.6 Å². The van der Waals surface area contributed by atoms with Gasteiger partial charge in [-0.3, -0.25) is 0 Å². The number of aromatic nitrogens is 3. The molecule has 0 spiro atoms. The van der Waals surface area contributed by atoms with E-state index >= 15 is 0 Å². The summed E-state index contributed by atoms with van der Waals surface area (Å²) in [5.41, 5.74) is 11.1. The molecule has 2 atom stereocenters. The topological polar surface area (TPSA) is 51.8 Å². The highest BCUT2D eigenvalue weighted by Crippen LogP contribution is 2.42. The molecule has 58 heavy (non-hydrogen) atoms. The molecule has 0 bridgehead atoms. The lowest BCUT2D eigenvalue weighted by Gasteiger charge is -2.25. The first-order chi connectivity index (χ1) is 28.7. The monoisotopic (exact) mass is 747 g/mol. The normalized spacial score (nSPS) is 17.3. The molecule has 0 N–H and O–H groups in total. The van der Waals surface area contributed by atoms with Crippen molar-refractivity contribution >= 4 is 38.5 Å². The number of allylic oxidation sites excluding steroid dienone is 14. The molecule has 3 aliphatic carbocycles. The van der Waals surface area contributed by atoms with E-state index in [0.717, 1.165) is 57.7 Å². The van der Waals surface area contributed by atoms with Crippen LogP contribution in [0.4, 0.5) is 0 Å². The minimum atomic E-state index is 0.201. The van der Waals surface area contributed by atoms with Gasteiger partial charge in [0.25, 0.3) is 0 Å². The minimum absolute atomic E-state index is 0.201. The van der Waals surface area contributed by atoms with E-state index in [9.17, 15) is 0 Å². The molecule has 5 aromatic carbocycles. The third-order valence-electron chi connectivity index (χ3n) is 11.3. The molecule has 278 valence electrons. The van der Waals surface area contributed by atoms with Crippen molar-refractivity contribution in [3.63, 3.8) is 0 Å². The molecule has 2 unspecified atom stereocenters. The predicted octanol–water partition coefficient (Wildman–Crippen LogP) is 13.2. The molecule has 0 aliphatic heterocycles. The summed E-state index contributed by atoms with van der Waals surface area (Å²) in [7, 11) is 0. The summed E-state index contributed by atoms with van der Waals surface area (Å²) in [4.78, 5) is 15.4. The van der Waals surface area contributed by atoms with E-state index in [1.165, 1.54) is 38.6 Å². The molecule has 0 saturated carbocycles. The zero-order valence-electron chi connectivity index (χ0n) is 32.1. The van der Waals surface area contributed by atoms with E-state index in [1.54, 1.807) is 6.08 Å². The molecule has 10 rings (SSSR count). The maximum absolute atomic E-state index is 6.72. The molecule has 7 aromatic rings. The number of rotatable bonds is 9. The highest BCUT2D eigenvalue weighted by molar-refractivity contribution is 6.06. The summed E-state index contributed by atoms with van der Waals surface area (Å²) >= 11 is 0. The van der Waals surface area contributed by atoms with Gasteiger partial charge in [0.05, 0.1) is 0 Å². The summed E-state index contributed by atoms with van der Waals surface area (Å²) in [6.07, 6.45) is 27.9. The standard InChI is InChI=1S/C54H41N3O/c1-2-3-4-5-12-24-51-55-53(41-28-26-37-25-27-39(33-42(37)34-41)36-16-8-6-9-17-36)57-54(56-51)48-22-15-23-49-52(48)47-30-29-40(35-50(47)58-49)44-32-31-43(38-18-10-7-11-19-38)45-20-13-14-21-46(44)45/h2-14,16-22,25-35,37,42H,1,15,23-24H2/b4-3-,12-5-. The Bertz CT molecular complexity index is 2940. The SMILES string of the molecule is C=C/C=C\C=C/Cc1nc(C2=CC3C=C(c4ccccc4)C=CC3C=C2)nc(C2=CCCc3oc4cc(-c5ccc(-c6ccccc6)c6ccccc56)ccc4c32)n1. The Kier molecular flexibility index (Phi) is 9.36. The van der Waals surface area contributed by atoms with Gasteiger partial charge < -0.3 is 4.42 Å². The highest BCUT2D eigenvalue weighted by Gasteiger charge is 2.27. The lowest BCUT2D eigenvalue weighted by Crippen LogP contribution is -2.15. The Morgan fingerprint density at radius 3 is 2.09 bits per heavy atom. The average Bonchev–Trinajstić information content (AvgIpc) is 3.67. The summed E-state index contributed by atoms with van der Waals surface area (Å²) in [5.74, 6) is 3.54. The fourth-order valence-electron chi connectivity index (χ4n) is 8.53. The van der Waals surface area contributed by atoms with Crippen LogP contribution in [0.2, 0.25) is 0 Å². The van der Waals surface area contributed by atoms with E-state index in [1.807, 2.05) is 18.2 Å². The van der Waals surface area contributed by atoms with Gasteiger partial charge in [0, 0.05) is 46.8 Å². The van der Waals surface area contributed by atoms with Crippen LogP contribution in [0.25, 0.3) is 60.7 Å². The maximum atomic E-state index is 6.72. The summed E-state index contributed by atoms with van der Waals surface area (Å²) in [6, 6.07) is 41.0. The Hall–Kier alpha value is -7.17. The number of hydrogen-bond acceptors (Lipinski definition) is 4. The number of aryl methyl sites for hydroxylation is 1. The van der Waals surface area contributed by atoms with Gasteiger partial charge in [0.2, 0.25) is 0 Å². The van der Waals surface area contributed by atoms with Crippen LogP contribution in [0.5, 0.6) is 0 Å². The van der Waals surface area contributed by atoms with Crippen LogP contribution in [0.3, 0.4) is 0 Å². The van der Waals surface area contributed by atoms with Crippen molar-refractivity contribution in [2.24, 2.45) is 11.8 Å². The molecule has 0 fully saturated rings. The highest BCUT2D eigenvalue weighted by atomic mass is 16.3. The maximum Gasteiger partial charge on any atom is 0.164 e. The van der Waals surface area contributed by atoms with Gasteiger partial charge in [-0.1, -0.05) is 183 Å². The van der Waals surface area contributed by atoms with E-state index in [2.05, 4.69) is 170 Å². The predicted molar refractivity (Wildman–Crippen MR) is 240 cm³/mol. The smallest absolute Gasteiger partial charge is 0.164 e. The minimum Gasteiger partial charge on any atom is -0.460 e. The van der Waals surface area contributed by atoms with Crippen LogP contribution in [-0.4, -0.2) is 15.0 Å². The van der Waals surface area contributed by atoms with Crippen LogP contribution >= 0.6 is 0 Å². The second kappa shape index (κ2) is 15.4. The molecule has 3 aliphatic rings. The Labute approximate surface area is 339 Å². The van der Waals surface area contributed by atoms with Gasteiger partial charge in [-0.05, 0) is 62.7 Å². The van der Waals surface area contributed by atoms with Crippen molar-refractivity contribution in [2.45, 2.75) is 19.3 Å². The van der Waals surface area contributed by atoms with Crippen LogP contribution in [0.1, 0.15) is 40.8 Å². The fourth-order valence-corrected chi connectivity index (χ4v) is 8.53. The lowest BCUT2D eigenvalue weighted by molar-refractivity contribution is 0.545. The molecule has 2 aromatic heterocycles. The van der Waals surface area contributed by atoms with E-state index in [-0.39, 0.29) is 5.92 Å². The second-order valence-corrected chi connectivity index (χ2v) is 15.0. The summed E-state index contributed by atoms with van der Waals surface area (Å²) < 4.78 is 6.72. The van der Waals surface area contributed by atoms with Crippen molar-refractivity contribution in [3.8, 4) is 22.3 Å². The molecular weight excluding hydrogens is 707 g/mol. The first-order valence-electron chi connectivity index (χ1n) is 20.1. The van der Waals surface area contributed by atoms with Gasteiger partial charge in [-0.25, -0.2) is 15.0 Å². The zero-order chi connectivity index (χ0) is 38.8. The first kappa shape index (κ1) is 35.3. The van der Waals surface area contributed by atoms with Gasteiger partial charge in [-0.15, -0.1) is 0 Å². The molecule has 0 amide bonds. The van der Waals surface area contributed by atoms with Crippen LogP contribution in [0, 0.1) is 11.8 Å². The zero-order valence-corrected chi connectivity index (χ0v) is 32.1. The van der Waals surface area contributed by atoms with E-state index < -0.39 is 0 Å².